The number of nitrogens with zero attached hydrogens (tertiary/aromatic N) is 3. The first-order valence-electron chi connectivity index (χ1n) is 14.6. The summed E-state index contributed by atoms with van der Waals surface area (Å²) in [6.45, 7) is 12.7. The first-order valence-corrected chi connectivity index (χ1v) is 15.5. The highest BCUT2D eigenvalue weighted by molar-refractivity contribution is 7.13. The Morgan fingerprint density at radius 2 is 1.88 bits per heavy atom. The lowest BCUT2D eigenvalue weighted by Crippen LogP contribution is -2.58. The second kappa shape index (κ2) is 15.9. The number of aryl methyl sites for hydroxylation is 1. The Morgan fingerprint density at radius 3 is 2.51 bits per heavy atom. The van der Waals surface area contributed by atoms with Crippen molar-refractivity contribution < 1.29 is 24.2 Å². The molecule has 3 heterocycles. The summed E-state index contributed by atoms with van der Waals surface area (Å²) < 4.78 is 5.60. The van der Waals surface area contributed by atoms with E-state index in [9.17, 15) is 19.5 Å². The molecule has 2 unspecified atom stereocenters. The van der Waals surface area contributed by atoms with Crippen LogP contribution in [-0.2, 0) is 25.7 Å². The quantitative estimate of drug-likeness (QED) is 0.273. The average molecular weight is 637 g/mol. The van der Waals surface area contributed by atoms with Crippen molar-refractivity contribution >= 4 is 41.5 Å². The van der Waals surface area contributed by atoms with Crippen molar-refractivity contribution in [3.63, 3.8) is 0 Å². The number of amides is 3. The van der Waals surface area contributed by atoms with Gasteiger partial charge < -0.3 is 30.7 Å². The monoisotopic (exact) mass is 636 g/mol. The number of aliphatic hydroxyl groups is 1. The van der Waals surface area contributed by atoms with Crippen LogP contribution in [0.25, 0.3) is 10.4 Å². The van der Waals surface area contributed by atoms with E-state index >= 15 is 0 Å². The lowest BCUT2D eigenvalue weighted by molar-refractivity contribution is -0.144. The molecule has 1 aromatic heterocycles. The Kier molecular flexibility index (Phi) is 12.9. The summed E-state index contributed by atoms with van der Waals surface area (Å²) in [5, 5.41) is 19.5. The Labute approximate surface area is 264 Å². The number of thiazole rings is 1. The number of aliphatic hydroxyl groups excluding tert-OH is 1. The second-order valence-electron chi connectivity index (χ2n) is 12.1. The summed E-state index contributed by atoms with van der Waals surface area (Å²) in [5.74, 6) is -1.11. The molecule has 2 aliphatic heterocycles. The van der Waals surface area contributed by atoms with Gasteiger partial charge in [-0.25, -0.2) is 4.98 Å². The smallest absolute Gasteiger partial charge is 0.246 e. The highest BCUT2D eigenvalue weighted by atomic mass is 35.5. The molecule has 13 heteroatoms. The lowest BCUT2D eigenvalue weighted by atomic mass is 9.85. The average Bonchev–Trinajstić information content (AvgIpc) is 3.58. The number of likely N-dealkylation sites (tertiary alicyclic amines) is 1. The molecule has 2 aromatic rings. The summed E-state index contributed by atoms with van der Waals surface area (Å²) in [4.78, 5) is 48.8. The van der Waals surface area contributed by atoms with Crippen molar-refractivity contribution in [1.29, 1.82) is 0 Å². The fraction of sp³-hybridized carbons (Fsp3) is 0.600. The SMILES string of the molecule is Cc1ncsc1-c1ccc(CNC(=O)C2CC(O)CN2C(=O)[C@@H](NC(=O)COCCN2CCNCC2)C(C)(C)C)cc1.Cl. The van der Waals surface area contributed by atoms with Gasteiger partial charge in [0.25, 0.3) is 0 Å². The second-order valence-corrected chi connectivity index (χ2v) is 12.9. The Balaban J connectivity index is 0.00000506. The van der Waals surface area contributed by atoms with Gasteiger partial charge in [-0.1, -0.05) is 45.0 Å². The van der Waals surface area contributed by atoms with Gasteiger partial charge >= 0.3 is 0 Å². The highest BCUT2D eigenvalue weighted by Gasteiger charge is 2.44. The number of hydrogen-bond acceptors (Lipinski definition) is 9. The van der Waals surface area contributed by atoms with E-state index in [1.54, 1.807) is 11.3 Å². The highest BCUT2D eigenvalue weighted by Crippen LogP contribution is 2.28. The number of ether oxygens (including phenoxy) is 1. The van der Waals surface area contributed by atoms with E-state index in [2.05, 4.69) is 25.8 Å². The van der Waals surface area contributed by atoms with Crippen LogP contribution in [-0.4, -0.2) is 108 Å². The molecule has 3 atom stereocenters. The Hall–Kier alpha value is -2.61. The van der Waals surface area contributed by atoms with Gasteiger partial charge in [-0.15, -0.1) is 23.7 Å². The number of halogens is 1. The Morgan fingerprint density at radius 1 is 1.19 bits per heavy atom. The van der Waals surface area contributed by atoms with Gasteiger partial charge in [-0.05, 0) is 23.5 Å². The van der Waals surface area contributed by atoms with E-state index < -0.39 is 29.5 Å². The predicted octanol–water partition coefficient (Wildman–Crippen LogP) is 1.57. The molecule has 0 aliphatic carbocycles. The molecule has 2 saturated heterocycles. The van der Waals surface area contributed by atoms with Crippen molar-refractivity contribution in [3.8, 4) is 10.4 Å². The third-order valence-corrected chi connectivity index (χ3v) is 8.68. The summed E-state index contributed by atoms with van der Waals surface area (Å²) in [6, 6.07) is 6.20. The first-order chi connectivity index (χ1) is 20.0. The van der Waals surface area contributed by atoms with Crippen molar-refractivity contribution in [2.45, 2.75) is 58.8 Å². The zero-order chi connectivity index (χ0) is 30.3. The zero-order valence-electron chi connectivity index (χ0n) is 25.4. The molecule has 0 bridgehead atoms. The number of piperazine rings is 1. The van der Waals surface area contributed by atoms with Crippen LogP contribution in [0.3, 0.4) is 0 Å². The van der Waals surface area contributed by atoms with Crippen molar-refractivity contribution in [2.24, 2.45) is 5.41 Å². The summed E-state index contributed by atoms with van der Waals surface area (Å²) in [6.07, 6.45) is -0.683. The summed E-state index contributed by atoms with van der Waals surface area (Å²) in [5.41, 5.74) is 4.17. The molecule has 0 spiro atoms. The maximum atomic E-state index is 13.7. The molecule has 2 aliphatic rings. The van der Waals surface area contributed by atoms with Crippen LogP contribution in [0.4, 0.5) is 0 Å². The number of benzene rings is 1. The normalized spacial score (nSPS) is 19.9. The van der Waals surface area contributed by atoms with Gasteiger partial charge in [-0.2, -0.15) is 0 Å². The number of carbonyl (C=O) groups excluding carboxylic acids is 3. The maximum Gasteiger partial charge on any atom is 0.246 e. The number of β-amino-alcohol motifs (C(OH)–C–C–N with tert-alkyl or cyclic N) is 1. The Bertz CT molecular complexity index is 1210. The molecule has 4 N–H and O–H groups in total. The number of carbonyl (C=O) groups is 3. The topological polar surface area (TPSA) is 136 Å². The fourth-order valence-corrected chi connectivity index (χ4v) is 6.09. The molecule has 2 fully saturated rings. The molecule has 0 radical (unpaired) electrons. The third-order valence-electron chi connectivity index (χ3n) is 7.71. The van der Waals surface area contributed by atoms with E-state index in [1.807, 2.05) is 57.5 Å². The molecular weight excluding hydrogens is 592 g/mol. The molecule has 3 amide bonds. The van der Waals surface area contributed by atoms with E-state index in [0.717, 1.165) is 54.4 Å². The molecule has 1 aromatic carbocycles. The fourth-order valence-electron chi connectivity index (χ4n) is 5.28. The van der Waals surface area contributed by atoms with E-state index in [4.69, 9.17) is 4.74 Å². The van der Waals surface area contributed by atoms with E-state index in [0.29, 0.717) is 13.2 Å². The number of hydrogen-bond donors (Lipinski definition) is 4. The van der Waals surface area contributed by atoms with Crippen LogP contribution in [0.2, 0.25) is 0 Å². The molecule has 4 rings (SSSR count). The van der Waals surface area contributed by atoms with Crippen molar-refractivity contribution in [1.82, 2.24) is 30.7 Å². The molecule has 238 valence electrons. The van der Waals surface area contributed by atoms with Gasteiger partial charge in [0.05, 0.1) is 28.8 Å². The van der Waals surface area contributed by atoms with Gasteiger partial charge in [0.15, 0.2) is 0 Å². The van der Waals surface area contributed by atoms with E-state index in [-0.39, 0.29) is 43.8 Å². The maximum absolute atomic E-state index is 13.7. The van der Waals surface area contributed by atoms with Crippen LogP contribution in [0.1, 0.15) is 38.4 Å². The van der Waals surface area contributed by atoms with Crippen LogP contribution in [0.5, 0.6) is 0 Å². The number of nitrogens with one attached hydrogen (secondary N) is 3. The molecular formula is C30H45ClN6O5S. The lowest BCUT2D eigenvalue weighted by Gasteiger charge is -2.35. The minimum absolute atomic E-state index is 0. The van der Waals surface area contributed by atoms with Gasteiger partial charge in [-0.3, -0.25) is 19.3 Å². The summed E-state index contributed by atoms with van der Waals surface area (Å²) in [7, 11) is 0. The predicted molar refractivity (Wildman–Crippen MR) is 169 cm³/mol. The minimum Gasteiger partial charge on any atom is -0.391 e. The number of rotatable bonds is 11. The first kappa shape index (κ1) is 34.9. The standard InChI is InChI=1S/C30H44N6O5S.ClH/c1-20-26(42-19-33-20)22-7-5-21(6-8-22)16-32-28(39)24-15-23(37)17-36(24)29(40)27(30(2,3)4)34-25(38)18-41-14-13-35-11-9-31-10-12-35;/h5-8,19,23-24,27,31,37H,9-18H2,1-4H3,(H,32,39)(H,34,38);1H/t23?,24?,27-;/m1./s1. The van der Waals surface area contributed by atoms with Crippen LogP contribution < -0.4 is 16.0 Å². The molecule has 43 heavy (non-hydrogen) atoms. The van der Waals surface area contributed by atoms with Gasteiger partial charge in [0, 0.05) is 52.2 Å². The van der Waals surface area contributed by atoms with Crippen molar-refractivity contribution in [3.05, 3.63) is 41.0 Å². The van der Waals surface area contributed by atoms with Crippen LogP contribution >= 0.6 is 23.7 Å². The zero-order valence-corrected chi connectivity index (χ0v) is 27.1. The van der Waals surface area contributed by atoms with Crippen molar-refractivity contribution in [2.75, 3.05) is 52.5 Å². The molecule has 0 saturated carbocycles. The minimum atomic E-state index is -0.884. The summed E-state index contributed by atoms with van der Waals surface area (Å²) >= 11 is 1.59. The van der Waals surface area contributed by atoms with E-state index in [1.165, 1.54) is 4.90 Å². The largest absolute Gasteiger partial charge is 0.391 e. The van der Waals surface area contributed by atoms with Gasteiger partial charge in [0.1, 0.15) is 18.7 Å². The van der Waals surface area contributed by atoms with Crippen LogP contribution in [0, 0.1) is 12.3 Å². The van der Waals surface area contributed by atoms with Crippen LogP contribution in [0.15, 0.2) is 29.8 Å². The van der Waals surface area contributed by atoms with Gasteiger partial charge in [0.2, 0.25) is 17.7 Å². The molecule has 11 nitrogen and oxygen atoms in total. The third kappa shape index (κ3) is 9.69. The number of aromatic nitrogens is 1.